The van der Waals surface area contributed by atoms with Gasteiger partial charge in [0, 0.05) is 7.11 Å². The van der Waals surface area contributed by atoms with Crippen LogP contribution in [-0.2, 0) is 4.74 Å². The first-order valence-corrected chi connectivity index (χ1v) is 3.58. The van der Waals surface area contributed by atoms with Gasteiger partial charge in [-0.05, 0) is 6.42 Å². The zero-order chi connectivity index (χ0) is 7.28. The van der Waals surface area contributed by atoms with Crippen molar-refractivity contribution in [2.24, 2.45) is 0 Å². The Morgan fingerprint density at radius 1 is 1.89 bits per heavy atom. The Hall–Kier alpha value is 0.200. The number of rotatable bonds is 3. The van der Waals surface area contributed by atoms with Crippen LogP contribution in [0.25, 0.3) is 0 Å². The summed E-state index contributed by atoms with van der Waals surface area (Å²) >= 11 is 8.56. The molecule has 0 saturated carbocycles. The molecule has 9 heavy (non-hydrogen) atoms. The lowest BCUT2D eigenvalue weighted by Gasteiger charge is -2.13. The summed E-state index contributed by atoms with van der Waals surface area (Å²) in [6, 6.07) is 0. The third kappa shape index (κ3) is 4.69. The van der Waals surface area contributed by atoms with Gasteiger partial charge in [0.25, 0.3) is 0 Å². The highest BCUT2D eigenvalue weighted by molar-refractivity contribution is 8.11. The van der Waals surface area contributed by atoms with Gasteiger partial charge in [-0.3, -0.25) is 0 Å². The van der Waals surface area contributed by atoms with Crippen LogP contribution in [0.15, 0.2) is 0 Å². The second-order valence-corrected chi connectivity index (χ2v) is 2.74. The quantitative estimate of drug-likeness (QED) is 0.372. The molecule has 0 fully saturated rings. The third-order valence-corrected chi connectivity index (χ3v) is 1.19. The van der Waals surface area contributed by atoms with Crippen molar-refractivity contribution in [3.63, 3.8) is 0 Å². The molecule has 0 aromatic heterocycles. The largest absolute Gasteiger partial charge is 0.362 e. The molecule has 0 spiro atoms. The zero-order valence-electron chi connectivity index (χ0n) is 5.55. The minimum Gasteiger partial charge on any atom is -0.362 e. The van der Waals surface area contributed by atoms with Crippen LogP contribution in [0.2, 0.25) is 0 Å². The van der Waals surface area contributed by atoms with Crippen LogP contribution in [0.3, 0.4) is 0 Å². The highest BCUT2D eigenvalue weighted by Gasteiger charge is 2.00. The summed E-state index contributed by atoms with van der Waals surface area (Å²) in [7, 11) is 1.63. The number of thiol groups is 1. The standard InChI is InChI=1S/C5H11NOS2/c1-3-4(7-2)6-5(8)9/h4H,3H2,1-2H3,(H2,6,8,9). The van der Waals surface area contributed by atoms with Crippen LogP contribution in [0.1, 0.15) is 13.3 Å². The highest BCUT2D eigenvalue weighted by atomic mass is 32.1. The fourth-order valence-electron chi connectivity index (χ4n) is 0.465. The van der Waals surface area contributed by atoms with Gasteiger partial charge >= 0.3 is 0 Å². The third-order valence-electron chi connectivity index (χ3n) is 0.940. The highest BCUT2D eigenvalue weighted by Crippen LogP contribution is 1.92. The average Bonchev–Trinajstić information content (AvgIpc) is 1.82. The number of hydrogen-bond acceptors (Lipinski definition) is 2. The predicted octanol–water partition coefficient (Wildman–Crippen LogP) is 1.17. The first-order valence-electron chi connectivity index (χ1n) is 2.73. The van der Waals surface area contributed by atoms with E-state index in [9.17, 15) is 0 Å². The van der Waals surface area contributed by atoms with Crippen molar-refractivity contribution >= 4 is 29.2 Å². The molecule has 0 aliphatic carbocycles. The Bertz CT molecular complexity index is 93.0. The molecular weight excluding hydrogens is 154 g/mol. The van der Waals surface area contributed by atoms with Gasteiger partial charge in [-0.2, -0.15) is 0 Å². The Kier molecular flexibility index (Phi) is 5.13. The molecule has 0 amide bonds. The van der Waals surface area contributed by atoms with Gasteiger partial charge in [0.05, 0.1) is 0 Å². The van der Waals surface area contributed by atoms with E-state index < -0.39 is 0 Å². The van der Waals surface area contributed by atoms with Crippen molar-refractivity contribution in [2.45, 2.75) is 19.6 Å². The number of methoxy groups -OCH3 is 1. The lowest BCUT2D eigenvalue weighted by Crippen LogP contribution is -2.31. The topological polar surface area (TPSA) is 21.3 Å². The van der Waals surface area contributed by atoms with Crippen LogP contribution in [-0.4, -0.2) is 17.7 Å². The van der Waals surface area contributed by atoms with Crippen molar-refractivity contribution in [1.82, 2.24) is 5.32 Å². The van der Waals surface area contributed by atoms with E-state index in [2.05, 4.69) is 30.2 Å². The van der Waals surface area contributed by atoms with E-state index in [0.717, 1.165) is 6.42 Å². The molecule has 0 aliphatic heterocycles. The van der Waals surface area contributed by atoms with Gasteiger partial charge in [-0.25, -0.2) is 0 Å². The molecule has 0 aromatic rings. The van der Waals surface area contributed by atoms with Crippen LogP contribution in [0, 0.1) is 0 Å². The first kappa shape index (κ1) is 9.20. The monoisotopic (exact) mass is 165 g/mol. The summed E-state index contributed by atoms with van der Waals surface area (Å²) in [5.74, 6) is 0. The summed E-state index contributed by atoms with van der Waals surface area (Å²) < 4.78 is 5.44. The van der Waals surface area contributed by atoms with Gasteiger partial charge in [0.15, 0.2) is 0 Å². The molecule has 0 rings (SSSR count). The van der Waals surface area contributed by atoms with E-state index in [1.165, 1.54) is 0 Å². The first-order chi connectivity index (χ1) is 4.20. The smallest absolute Gasteiger partial charge is 0.132 e. The minimum atomic E-state index is 0.00926. The summed E-state index contributed by atoms with van der Waals surface area (Å²) in [4.78, 5) is 0. The van der Waals surface area contributed by atoms with E-state index in [4.69, 9.17) is 4.74 Å². The van der Waals surface area contributed by atoms with E-state index in [1.807, 2.05) is 6.92 Å². The molecule has 4 heteroatoms. The van der Waals surface area contributed by atoms with Gasteiger partial charge in [-0.15, -0.1) is 12.6 Å². The average molecular weight is 165 g/mol. The van der Waals surface area contributed by atoms with E-state index in [0.29, 0.717) is 4.32 Å². The van der Waals surface area contributed by atoms with Crippen molar-refractivity contribution in [3.8, 4) is 0 Å². The van der Waals surface area contributed by atoms with Crippen molar-refractivity contribution in [2.75, 3.05) is 7.11 Å². The van der Waals surface area contributed by atoms with E-state index in [1.54, 1.807) is 7.11 Å². The normalized spacial score (nSPS) is 12.8. The Balaban J connectivity index is 3.43. The van der Waals surface area contributed by atoms with Gasteiger partial charge in [0.1, 0.15) is 10.5 Å². The van der Waals surface area contributed by atoms with Crippen molar-refractivity contribution < 1.29 is 4.74 Å². The number of ether oxygens (including phenoxy) is 1. The molecule has 1 unspecified atom stereocenters. The summed E-state index contributed by atoms with van der Waals surface area (Å²) in [6.45, 7) is 2.01. The number of nitrogens with one attached hydrogen (secondary N) is 1. The van der Waals surface area contributed by atoms with Crippen molar-refractivity contribution in [3.05, 3.63) is 0 Å². The lowest BCUT2D eigenvalue weighted by molar-refractivity contribution is 0.0890. The second-order valence-electron chi connectivity index (χ2n) is 1.58. The second kappa shape index (κ2) is 5.02. The maximum atomic E-state index is 4.96. The zero-order valence-corrected chi connectivity index (χ0v) is 7.26. The molecule has 0 saturated heterocycles. The molecule has 0 aromatic carbocycles. The Labute approximate surface area is 66.4 Å². The predicted molar refractivity (Wildman–Crippen MR) is 45.8 cm³/mol. The van der Waals surface area contributed by atoms with Gasteiger partial charge < -0.3 is 10.1 Å². The lowest BCUT2D eigenvalue weighted by atomic mass is 10.4. The SMILES string of the molecule is CCC(NC(=S)S)OC. The number of hydrogen-bond donors (Lipinski definition) is 2. The Morgan fingerprint density at radius 3 is 2.56 bits per heavy atom. The van der Waals surface area contributed by atoms with E-state index >= 15 is 0 Å². The molecule has 2 nitrogen and oxygen atoms in total. The van der Waals surface area contributed by atoms with Gasteiger partial charge in [-0.1, -0.05) is 19.1 Å². The van der Waals surface area contributed by atoms with Crippen LogP contribution in [0.5, 0.6) is 0 Å². The molecule has 0 bridgehead atoms. The summed E-state index contributed by atoms with van der Waals surface area (Å²) in [5, 5.41) is 2.85. The van der Waals surface area contributed by atoms with Crippen LogP contribution < -0.4 is 5.32 Å². The molecular formula is C5H11NOS2. The molecule has 54 valence electrons. The van der Waals surface area contributed by atoms with Crippen LogP contribution in [0.4, 0.5) is 0 Å². The molecule has 1 N–H and O–H groups in total. The molecule has 1 atom stereocenters. The molecule has 0 aliphatic rings. The number of thiocarbonyl (C=S) groups is 1. The molecule has 0 radical (unpaired) electrons. The summed E-state index contributed by atoms with van der Waals surface area (Å²) in [6.07, 6.45) is 0.895. The fraction of sp³-hybridized carbons (Fsp3) is 0.800. The van der Waals surface area contributed by atoms with Crippen LogP contribution >= 0.6 is 24.8 Å². The van der Waals surface area contributed by atoms with Crippen molar-refractivity contribution in [1.29, 1.82) is 0 Å². The summed E-state index contributed by atoms with van der Waals surface area (Å²) in [5.41, 5.74) is 0. The molecule has 0 heterocycles. The Morgan fingerprint density at radius 2 is 2.44 bits per heavy atom. The minimum absolute atomic E-state index is 0.00926. The maximum absolute atomic E-state index is 4.96. The maximum Gasteiger partial charge on any atom is 0.132 e. The fourth-order valence-corrected chi connectivity index (χ4v) is 0.741. The van der Waals surface area contributed by atoms with Gasteiger partial charge in [0.2, 0.25) is 0 Å². The van der Waals surface area contributed by atoms with E-state index in [-0.39, 0.29) is 6.23 Å².